The Hall–Kier alpha value is -3.86. The van der Waals surface area contributed by atoms with Crippen LogP contribution >= 0.6 is 0 Å². The van der Waals surface area contributed by atoms with Gasteiger partial charge in [-0.05, 0) is 54.3 Å². The van der Waals surface area contributed by atoms with Crippen molar-refractivity contribution in [1.82, 2.24) is 5.32 Å². The molecule has 0 saturated heterocycles. The molecule has 158 valence electrons. The highest BCUT2D eigenvalue weighted by molar-refractivity contribution is 6.08. The fraction of sp³-hybridized carbons (Fsp3) is 0.154. The Kier molecular flexibility index (Phi) is 8.00. The number of aryl methyl sites for hydroxylation is 1. The Morgan fingerprint density at radius 3 is 2.16 bits per heavy atom. The summed E-state index contributed by atoms with van der Waals surface area (Å²) in [5.41, 5.74) is 2.91. The van der Waals surface area contributed by atoms with Crippen LogP contribution in [0.15, 0.2) is 90.6 Å². The van der Waals surface area contributed by atoms with Crippen molar-refractivity contribution in [2.24, 2.45) is 0 Å². The van der Waals surface area contributed by atoms with Gasteiger partial charge in [-0.3, -0.25) is 9.59 Å². The van der Waals surface area contributed by atoms with Crippen LogP contribution in [0.25, 0.3) is 6.08 Å². The number of amides is 2. The van der Waals surface area contributed by atoms with Crippen molar-refractivity contribution in [1.29, 1.82) is 0 Å². The van der Waals surface area contributed by atoms with Gasteiger partial charge in [0.15, 0.2) is 0 Å². The van der Waals surface area contributed by atoms with E-state index >= 15 is 0 Å². The Morgan fingerprint density at radius 2 is 1.52 bits per heavy atom. The second-order valence-corrected chi connectivity index (χ2v) is 7.07. The number of benzene rings is 3. The lowest BCUT2D eigenvalue weighted by Crippen LogP contribution is -2.28. The van der Waals surface area contributed by atoms with E-state index in [4.69, 9.17) is 4.74 Å². The number of hydrogen-bond acceptors (Lipinski definition) is 3. The molecule has 0 unspecified atom stereocenters. The molecule has 0 aliphatic rings. The SMILES string of the molecule is CC(=O)N/C(=C\c1ccccc1)C(=O)Nc1ccc(OCCCc2ccccc2)cc1. The molecule has 0 aliphatic heterocycles. The van der Waals surface area contributed by atoms with Crippen molar-refractivity contribution < 1.29 is 14.3 Å². The second-order valence-electron chi connectivity index (χ2n) is 7.07. The van der Waals surface area contributed by atoms with Crippen LogP contribution in [-0.4, -0.2) is 18.4 Å². The third-order valence-electron chi connectivity index (χ3n) is 4.50. The second kappa shape index (κ2) is 11.4. The zero-order valence-electron chi connectivity index (χ0n) is 17.5. The van der Waals surface area contributed by atoms with Crippen LogP contribution in [-0.2, 0) is 16.0 Å². The molecular weight excluding hydrogens is 388 g/mol. The largest absolute Gasteiger partial charge is 0.494 e. The average Bonchev–Trinajstić information content (AvgIpc) is 2.78. The van der Waals surface area contributed by atoms with Crippen molar-refractivity contribution in [2.75, 3.05) is 11.9 Å². The van der Waals surface area contributed by atoms with Crippen LogP contribution < -0.4 is 15.4 Å². The van der Waals surface area contributed by atoms with E-state index in [1.165, 1.54) is 12.5 Å². The zero-order valence-corrected chi connectivity index (χ0v) is 17.5. The molecule has 0 atom stereocenters. The van der Waals surface area contributed by atoms with Crippen LogP contribution in [0, 0.1) is 0 Å². The molecule has 0 aromatic heterocycles. The van der Waals surface area contributed by atoms with Crippen LogP contribution in [0.1, 0.15) is 24.5 Å². The first-order chi connectivity index (χ1) is 15.1. The van der Waals surface area contributed by atoms with Gasteiger partial charge in [0.1, 0.15) is 11.4 Å². The minimum absolute atomic E-state index is 0.180. The lowest BCUT2D eigenvalue weighted by Gasteiger charge is -2.11. The summed E-state index contributed by atoms with van der Waals surface area (Å²) in [7, 11) is 0. The number of anilines is 1. The molecule has 0 radical (unpaired) electrons. The maximum Gasteiger partial charge on any atom is 0.272 e. The highest BCUT2D eigenvalue weighted by atomic mass is 16.5. The Labute approximate surface area is 182 Å². The first kappa shape index (κ1) is 21.8. The molecule has 3 aromatic carbocycles. The molecule has 3 aromatic rings. The minimum atomic E-state index is -0.393. The highest BCUT2D eigenvalue weighted by Gasteiger charge is 2.12. The van der Waals surface area contributed by atoms with Gasteiger partial charge in [0, 0.05) is 12.6 Å². The molecule has 0 aliphatic carbocycles. The molecule has 0 saturated carbocycles. The fourth-order valence-corrected chi connectivity index (χ4v) is 3.01. The molecule has 0 spiro atoms. The van der Waals surface area contributed by atoms with Gasteiger partial charge in [0.05, 0.1) is 6.61 Å². The first-order valence-corrected chi connectivity index (χ1v) is 10.2. The summed E-state index contributed by atoms with van der Waals surface area (Å²) in [6.07, 6.45) is 3.53. The molecule has 5 heteroatoms. The van der Waals surface area contributed by atoms with Gasteiger partial charge in [0.2, 0.25) is 5.91 Å². The summed E-state index contributed by atoms with van der Waals surface area (Å²) in [6, 6.07) is 26.8. The Morgan fingerprint density at radius 1 is 0.871 bits per heavy atom. The molecule has 2 N–H and O–H groups in total. The molecule has 0 fully saturated rings. The number of ether oxygens (including phenoxy) is 1. The maximum absolute atomic E-state index is 12.7. The van der Waals surface area contributed by atoms with Gasteiger partial charge < -0.3 is 15.4 Å². The van der Waals surface area contributed by atoms with Crippen molar-refractivity contribution >= 4 is 23.6 Å². The van der Waals surface area contributed by atoms with Gasteiger partial charge in [-0.2, -0.15) is 0 Å². The van der Waals surface area contributed by atoms with Crippen LogP contribution in [0.5, 0.6) is 5.75 Å². The minimum Gasteiger partial charge on any atom is -0.494 e. The smallest absolute Gasteiger partial charge is 0.272 e. The molecule has 31 heavy (non-hydrogen) atoms. The molecule has 3 rings (SSSR count). The summed E-state index contributed by atoms with van der Waals surface area (Å²) in [4.78, 5) is 24.2. The van der Waals surface area contributed by atoms with E-state index in [1.54, 1.807) is 18.2 Å². The number of hydrogen-bond donors (Lipinski definition) is 2. The van der Waals surface area contributed by atoms with E-state index in [1.807, 2.05) is 60.7 Å². The number of carbonyl (C=O) groups is 2. The van der Waals surface area contributed by atoms with Gasteiger partial charge >= 0.3 is 0 Å². The maximum atomic E-state index is 12.7. The standard InChI is InChI=1S/C26H26N2O3/c1-20(29)27-25(19-22-11-6-3-7-12-22)26(30)28-23-14-16-24(17-15-23)31-18-8-13-21-9-4-2-5-10-21/h2-7,9-12,14-17,19H,8,13,18H2,1H3,(H,27,29)(H,28,30)/b25-19-. The summed E-state index contributed by atoms with van der Waals surface area (Å²) >= 11 is 0. The molecule has 5 nitrogen and oxygen atoms in total. The van der Waals surface area contributed by atoms with Crippen LogP contribution in [0.2, 0.25) is 0 Å². The van der Waals surface area contributed by atoms with Gasteiger partial charge in [-0.15, -0.1) is 0 Å². The first-order valence-electron chi connectivity index (χ1n) is 10.2. The number of rotatable bonds is 9. The van der Waals surface area contributed by atoms with E-state index in [9.17, 15) is 9.59 Å². The quantitative estimate of drug-likeness (QED) is 0.390. The van der Waals surface area contributed by atoms with Gasteiger partial charge in [-0.1, -0.05) is 60.7 Å². The van der Waals surface area contributed by atoms with Crippen LogP contribution in [0.3, 0.4) is 0 Å². The number of nitrogens with one attached hydrogen (secondary N) is 2. The van der Waals surface area contributed by atoms with Gasteiger partial charge in [0.25, 0.3) is 5.91 Å². The Bertz CT molecular complexity index is 1010. The van der Waals surface area contributed by atoms with E-state index in [0.29, 0.717) is 12.3 Å². The van der Waals surface area contributed by atoms with Gasteiger partial charge in [-0.25, -0.2) is 0 Å². The molecule has 0 heterocycles. The van der Waals surface area contributed by atoms with E-state index in [0.717, 1.165) is 24.2 Å². The highest BCUT2D eigenvalue weighted by Crippen LogP contribution is 2.17. The van der Waals surface area contributed by atoms with Crippen molar-refractivity contribution in [3.8, 4) is 5.75 Å². The monoisotopic (exact) mass is 414 g/mol. The lowest BCUT2D eigenvalue weighted by atomic mass is 10.1. The summed E-state index contributed by atoms with van der Waals surface area (Å²) in [6.45, 7) is 1.99. The van der Waals surface area contributed by atoms with E-state index in [-0.39, 0.29) is 11.6 Å². The Balaban J connectivity index is 1.54. The summed E-state index contributed by atoms with van der Waals surface area (Å²) in [5, 5.41) is 5.40. The average molecular weight is 415 g/mol. The van der Waals surface area contributed by atoms with Crippen molar-refractivity contribution in [3.63, 3.8) is 0 Å². The fourth-order valence-electron chi connectivity index (χ4n) is 3.01. The zero-order chi connectivity index (χ0) is 21.9. The molecule has 2 amide bonds. The summed E-state index contributed by atoms with van der Waals surface area (Å²) in [5.74, 6) is 0.0418. The lowest BCUT2D eigenvalue weighted by molar-refractivity contribution is -0.120. The predicted molar refractivity (Wildman–Crippen MR) is 124 cm³/mol. The summed E-state index contributed by atoms with van der Waals surface area (Å²) < 4.78 is 5.79. The third-order valence-corrected chi connectivity index (χ3v) is 4.50. The normalized spacial score (nSPS) is 10.9. The topological polar surface area (TPSA) is 67.4 Å². The molecular formula is C26H26N2O3. The van der Waals surface area contributed by atoms with Crippen molar-refractivity contribution in [2.45, 2.75) is 19.8 Å². The number of carbonyl (C=O) groups excluding carboxylic acids is 2. The van der Waals surface area contributed by atoms with E-state index < -0.39 is 5.91 Å². The van der Waals surface area contributed by atoms with E-state index in [2.05, 4.69) is 22.8 Å². The van der Waals surface area contributed by atoms with Crippen LogP contribution in [0.4, 0.5) is 5.69 Å². The molecule has 0 bridgehead atoms. The van der Waals surface area contributed by atoms with Crippen molar-refractivity contribution in [3.05, 3.63) is 102 Å². The third kappa shape index (κ3) is 7.48. The predicted octanol–water partition coefficient (Wildman–Crippen LogP) is 4.81.